The van der Waals surface area contributed by atoms with E-state index in [0.29, 0.717) is 6.42 Å². The molecule has 4 heteroatoms. The number of rotatable bonds is 1. The van der Waals surface area contributed by atoms with Gasteiger partial charge in [-0.25, -0.2) is 0 Å². The van der Waals surface area contributed by atoms with Gasteiger partial charge in [-0.15, -0.1) is 0 Å². The second kappa shape index (κ2) is 1.90. The monoisotopic (exact) mass is 127 g/mol. The van der Waals surface area contributed by atoms with Crippen molar-refractivity contribution in [1.29, 1.82) is 0 Å². The number of hydrogen-bond acceptors (Lipinski definition) is 2. The summed E-state index contributed by atoms with van der Waals surface area (Å²) in [5.41, 5.74) is 6.92. The lowest BCUT2D eigenvalue weighted by Crippen LogP contribution is -2.42. The molecule has 0 bridgehead atoms. The predicted octanol–water partition coefficient (Wildman–Crippen LogP) is 1.42. The topological polar surface area (TPSA) is 69.0 Å². The first kappa shape index (κ1) is 6.39. The molecule has 0 aliphatic heterocycles. The molecule has 2 unspecified atom stereocenters. The highest BCUT2D eigenvalue weighted by atomic mass is 16.3. The van der Waals surface area contributed by atoms with Crippen molar-refractivity contribution in [3.63, 3.8) is 0 Å². The summed E-state index contributed by atoms with van der Waals surface area (Å²) in [6.45, 7) is 1.87. The van der Waals surface area contributed by atoms with Gasteiger partial charge in [-0.05, 0) is 24.3 Å². The van der Waals surface area contributed by atoms with Crippen LogP contribution in [0.5, 0.6) is 0 Å². The number of nitrogens with zero attached hydrogens (tertiary/aromatic N) is 3. The van der Waals surface area contributed by atoms with Gasteiger partial charge in [0.05, 0.1) is 0 Å². The third kappa shape index (κ3) is 0.866. The van der Waals surface area contributed by atoms with Crippen molar-refractivity contribution in [2.75, 3.05) is 0 Å². The van der Waals surface area contributed by atoms with Gasteiger partial charge >= 0.3 is 0 Å². The lowest BCUT2D eigenvalue weighted by Gasteiger charge is -2.39. The molecular formula is C5H9N3O. The Kier molecular flexibility index (Phi) is 1.35. The van der Waals surface area contributed by atoms with Crippen LogP contribution < -0.4 is 0 Å². The summed E-state index contributed by atoms with van der Waals surface area (Å²) in [6, 6.07) is 0. The average molecular weight is 127 g/mol. The zero-order chi connectivity index (χ0) is 6.91. The molecule has 1 rings (SSSR count). The van der Waals surface area contributed by atoms with Crippen molar-refractivity contribution < 1.29 is 5.11 Å². The average Bonchev–Trinajstić information content (AvgIpc) is 1.86. The summed E-state index contributed by atoms with van der Waals surface area (Å²) < 4.78 is 0. The number of hydrogen-bond donors (Lipinski definition) is 1. The van der Waals surface area contributed by atoms with Crippen LogP contribution >= 0.6 is 0 Å². The molecule has 2 atom stereocenters. The van der Waals surface area contributed by atoms with Crippen LogP contribution in [0.4, 0.5) is 0 Å². The fourth-order valence-corrected chi connectivity index (χ4v) is 0.917. The van der Waals surface area contributed by atoms with Gasteiger partial charge in [-0.1, -0.05) is 12.0 Å². The molecule has 0 spiro atoms. The van der Waals surface area contributed by atoms with Crippen molar-refractivity contribution in [3.05, 3.63) is 10.4 Å². The Balaban J connectivity index is 2.63. The number of azide groups is 1. The van der Waals surface area contributed by atoms with E-state index in [0.717, 1.165) is 6.42 Å². The van der Waals surface area contributed by atoms with E-state index in [9.17, 15) is 5.11 Å². The molecule has 0 aromatic rings. The Labute approximate surface area is 53.1 Å². The highest BCUT2D eigenvalue weighted by molar-refractivity contribution is 4.91. The van der Waals surface area contributed by atoms with Gasteiger partial charge in [-0.2, -0.15) is 0 Å². The van der Waals surface area contributed by atoms with E-state index in [1.807, 2.05) is 6.92 Å². The summed E-state index contributed by atoms with van der Waals surface area (Å²) >= 11 is 0. The van der Waals surface area contributed by atoms with Crippen LogP contribution in [0.3, 0.4) is 0 Å². The minimum atomic E-state index is -1.06. The van der Waals surface area contributed by atoms with Crippen LogP contribution in [0.25, 0.3) is 10.4 Å². The van der Waals surface area contributed by atoms with E-state index in [-0.39, 0.29) is 5.92 Å². The van der Waals surface area contributed by atoms with Gasteiger partial charge in [0.2, 0.25) is 0 Å². The largest absolute Gasteiger partial charge is 0.384 e. The molecule has 0 saturated heterocycles. The van der Waals surface area contributed by atoms with Crippen LogP contribution in [0, 0.1) is 5.92 Å². The minimum Gasteiger partial charge on any atom is -0.384 e. The van der Waals surface area contributed by atoms with Crippen LogP contribution in [-0.2, 0) is 0 Å². The first-order valence-corrected chi connectivity index (χ1v) is 2.98. The molecule has 0 radical (unpaired) electrons. The quantitative estimate of drug-likeness (QED) is 0.323. The zero-order valence-corrected chi connectivity index (χ0v) is 5.28. The highest BCUT2D eigenvalue weighted by Gasteiger charge is 2.41. The van der Waals surface area contributed by atoms with Gasteiger partial charge in [0, 0.05) is 4.91 Å². The molecule has 1 fully saturated rings. The van der Waals surface area contributed by atoms with E-state index in [1.54, 1.807) is 0 Å². The van der Waals surface area contributed by atoms with E-state index >= 15 is 0 Å². The molecule has 1 aliphatic carbocycles. The Hall–Kier alpha value is -0.730. The molecule has 1 N–H and O–H groups in total. The Morgan fingerprint density at radius 2 is 2.56 bits per heavy atom. The van der Waals surface area contributed by atoms with E-state index < -0.39 is 5.72 Å². The van der Waals surface area contributed by atoms with Crippen molar-refractivity contribution in [1.82, 2.24) is 0 Å². The fraction of sp³-hybridized carbons (Fsp3) is 1.00. The molecule has 1 aliphatic rings. The summed E-state index contributed by atoms with van der Waals surface area (Å²) in [7, 11) is 0. The van der Waals surface area contributed by atoms with Crippen molar-refractivity contribution in [2.24, 2.45) is 11.0 Å². The van der Waals surface area contributed by atoms with Crippen LogP contribution in [0.1, 0.15) is 19.8 Å². The standard InChI is InChI=1S/C5H9N3O/c1-4-2-3-5(4,9)7-8-6/h4,9H,2-3H2,1H3. The lowest BCUT2D eigenvalue weighted by molar-refractivity contribution is -0.0797. The van der Waals surface area contributed by atoms with E-state index in [1.165, 1.54) is 0 Å². The van der Waals surface area contributed by atoms with Gasteiger partial charge in [0.25, 0.3) is 0 Å². The Bertz CT molecular complexity index is 164. The third-order valence-electron chi connectivity index (χ3n) is 1.95. The first-order chi connectivity index (χ1) is 4.19. The fourth-order valence-electron chi connectivity index (χ4n) is 0.917. The predicted molar refractivity (Wildman–Crippen MR) is 32.5 cm³/mol. The molecule has 9 heavy (non-hydrogen) atoms. The van der Waals surface area contributed by atoms with E-state index in [2.05, 4.69) is 10.0 Å². The van der Waals surface area contributed by atoms with Gasteiger partial charge < -0.3 is 5.11 Å². The molecule has 1 saturated carbocycles. The Morgan fingerprint density at radius 3 is 2.67 bits per heavy atom. The second-order valence-corrected chi connectivity index (χ2v) is 2.51. The molecule has 4 nitrogen and oxygen atoms in total. The summed E-state index contributed by atoms with van der Waals surface area (Å²) in [5, 5.41) is 12.5. The normalized spacial score (nSPS) is 40.9. The SMILES string of the molecule is CC1CCC1(O)N=[N+]=[N-]. The smallest absolute Gasteiger partial charge is 0.146 e. The van der Waals surface area contributed by atoms with Gasteiger partial charge in [-0.3, -0.25) is 0 Å². The van der Waals surface area contributed by atoms with E-state index in [4.69, 9.17) is 5.53 Å². The van der Waals surface area contributed by atoms with Crippen LogP contribution in [0.2, 0.25) is 0 Å². The summed E-state index contributed by atoms with van der Waals surface area (Å²) in [5.74, 6) is 0.133. The maximum atomic E-state index is 9.26. The van der Waals surface area contributed by atoms with Crippen molar-refractivity contribution in [2.45, 2.75) is 25.5 Å². The second-order valence-electron chi connectivity index (χ2n) is 2.51. The third-order valence-corrected chi connectivity index (χ3v) is 1.95. The van der Waals surface area contributed by atoms with Crippen LogP contribution in [0.15, 0.2) is 5.11 Å². The molecule has 0 heterocycles. The molecule has 0 aromatic heterocycles. The molecule has 0 aromatic carbocycles. The van der Waals surface area contributed by atoms with Crippen molar-refractivity contribution in [3.8, 4) is 0 Å². The highest BCUT2D eigenvalue weighted by Crippen LogP contribution is 2.38. The van der Waals surface area contributed by atoms with Gasteiger partial charge in [0.15, 0.2) is 0 Å². The number of aliphatic hydroxyl groups is 1. The lowest BCUT2D eigenvalue weighted by atomic mass is 9.78. The molecular weight excluding hydrogens is 118 g/mol. The Morgan fingerprint density at radius 1 is 1.89 bits per heavy atom. The zero-order valence-electron chi connectivity index (χ0n) is 5.28. The van der Waals surface area contributed by atoms with Crippen LogP contribution in [-0.4, -0.2) is 10.8 Å². The molecule has 0 amide bonds. The minimum absolute atomic E-state index is 0.133. The summed E-state index contributed by atoms with van der Waals surface area (Å²) in [6.07, 6.45) is 1.56. The maximum Gasteiger partial charge on any atom is 0.146 e. The summed E-state index contributed by atoms with van der Waals surface area (Å²) in [4.78, 5) is 2.55. The maximum absolute atomic E-state index is 9.26. The first-order valence-electron chi connectivity index (χ1n) is 2.98. The van der Waals surface area contributed by atoms with Crippen molar-refractivity contribution >= 4 is 0 Å². The molecule has 50 valence electrons. The van der Waals surface area contributed by atoms with Gasteiger partial charge in [0.1, 0.15) is 5.72 Å².